The number of hydrogen-bond donors (Lipinski definition) is 0. The van der Waals surface area contributed by atoms with Crippen LogP contribution in [0.25, 0.3) is 0 Å². The van der Waals surface area contributed by atoms with Crippen LogP contribution in [0.2, 0.25) is 10.0 Å². The Kier molecular flexibility index (Phi) is 5.45. The average molecular weight is 420 g/mol. The minimum absolute atomic E-state index is 0.127. The molecular weight excluding hydrogens is 401 g/mol. The number of likely N-dealkylation sites (N-methyl/N-ethyl adjacent to an activating group) is 1. The van der Waals surface area contributed by atoms with Gasteiger partial charge in [-0.3, -0.25) is 4.90 Å². The van der Waals surface area contributed by atoms with Crippen LogP contribution < -0.4 is 18.9 Å². The number of hydrogen-bond acceptors (Lipinski definition) is 5. The molecule has 7 heteroatoms. The molecule has 0 amide bonds. The van der Waals surface area contributed by atoms with Gasteiger partial charge in [0.1, 0.15) is 18.4 Å². The molecular formula is C21H19Cl2NO4. The minimum Gasteiger partial charge on any atom is -0.492 e. The van der Waals surface area contributed by atoms with E-state index in [1.807, 2.05) is 13.1 Å². The first-order chi connectivity index (χ1) is 13.6. The summed E-state index contributed by atoms with van der Waals surface area (Å²) < 4.78 is 22.5. The zero-order valence-corrected chi connectivity index (χ0v) is 17.1. The minimum atomic E-state index is -0.127. The van der Waals surface area contributed by atoms with E-state index < -0.39 is 0 Å². The van der Waals surface area contributed by atoms with E-state index in [9.17, 15) is 0 Å². The number of ether oxygens (including phenoxy) is 4. The molecule has 2 heterocycles. The molecule has 0 N–H and O–H groups in total. The third-order valence-corrected chi connectivity index (χ3v) is 5.36. The highest BCUT2D eigenvalue weighted by molar-refractivity contribution is 6.35. The van der Waals surface area contributed by atoms with Gasteiger partial charge in [-0.1, -0.05) is 35.0 Å². The molecule has 0 bridgehead atoms. The van der Waals surface area contributed by atoms with Gasteiger partial charge in [0.25, 0.3) is 0 Å². The van der Waals surface area contributed by atoms with Crippen molar-refractivity contribution in [3.05, 3.63) is 45.4 Å². The maximum Gasteiger partial charge on any atom is 0.231 e. The first-order valence-corrected chi connectivity index (χ1v) is 9.60. The van der Waals surface area contributed by atoms with E-state index in [0.717, 1.165) is 24.3 Å². The average Bonchev–Trinajstić information content (AvgIpc) is 3.14. The van der Waals surface area contributed by atoms with Crippen LogP contribution in [0.3, 0.4) is 0 Å². The van der Waals surface area contributed by atoms with Gasteiger partial charge in [0.15, 0.2) is 11.5 Å². The molecule has 0 aromatic heterocycles. The number of methoxy groups -OCH3 is 1. The normalized spacial score (nSPS) is 17.5. The number of rotatable bonds is 3. The predicted octanol–water partition coefficient (Wildman–Crippen LogP) is 4.34. The zero-order valence-electron chi connectivity index (χ0n) is 15.6. The fourth-order valence-corrected chi connectivity index (χ4v) is 3.92. The molecule has 1 atom stereocenters. The Labute approximate surface area is 174 Å². The maximum atomic E-state index is 6.13. The number of benzene rings is 2. The van der Waals surface area contributed by atoms with E-state index in [2.05, 4.69) is 16.7 Å². The summed E-state index contributed by atoms with van der Waals surface area (Å²) in [4.78, 5) is 2.19. The van der Waals surface area contributed by atoms with Crippen LogP contribution in [-0.2, 0) is 6.42 Å². The van der Waals surface area contributed by atoms with Crippen molar-refractivity contribution in [1.29, 1.82) is 0 Å². The second-order valence-corrected chi connectivity index (χ2v) is 7.38. The Morgan fingerprint density at radius 1 is 1.25 bits per heavy atom. The maximum absolute atomic E-state index is 6.13. The van der Waals surface area contributed by atoms with Crippen LogP contribution in [0.5, 0.6) is 23.0 Å². The van der Waals surface area contributed by atoms with E-state index in [-0.39, 0.29) is 19.4 Å². The van der Waals surface area contributed by atoms with Crippen molar-refractivity contribution in [3.8, 4) is 34.8 Å². The van der Waals surface area contributed by atoms with Crippen LogP contribution in [0.4, 0.5) is 0 Å². The van der Waals surface area contributed by atoms with Crippen LogP contribution in [0.1, 0.15) is 17.2 Å². The lowest BCUT2D eigenvalue weighted by atomic mass is 9.91. The number of nitrogens with zero attached hydrogens (tertiary/aromatic N) is 1. The van der Waals surface area contributed by atoms with Crippen molar-refractivity contribution in [1.82, 2.24) is 4.90 Å². The fraction of sp³-hybridized carbons (Fsp3) is 0.333. The largest absolute Gasteiger partial charge is 0.492 e. The lowest BCUT2D eigenvalue weighted by Crippen LogP contribution is -2.31. The summed E-state index contributed by atoms with van der Waals surface area (Å²) in [5, 5.41) is 1.03. The summed E-state index contributed by atoms with van der Waals surface area (Å²) in [6, 6.07) is 7.01. The van der Waals surface area contributed by atoms with Crippen molar-refractivity contribution in [2.45, 2.75) is 12.5 Å². The van der Waals surface area contributed by atoms with Crippen LogP contribution >= 0.6 is 23.2 Å². The first kappa shape index (κ1) is 19.1. The third-order valence-electron chi connectivity index (χ3n) is 4.83. The molecule has 2 aromatic carbocycles. The summed E-state index contributed by atoms with van der Waals surface area (Å²) in [5.74, 6) is 9.02. The highest BCUT2D eigenvalue weighted by Crippen LogP contribution is 2.49. The Bertz CT molecular complexity index is 967. The molecule has 0 radical (unpaired) electrons. The standard InChI is InChI=1S/C21H19Cl2NO4/c1-24-8-7-13-10-18-20(28-12-27-18)21(25-2)19(13)16(24)4-3-9-26-17-6-5-14(22)11-15(17)23/h5-6,10-11,16H,7-9,12H2,1-2H3/t16-/m0/s1. The molecule has 2 aromatic rings. The van der Waals surface area contributed by atoms with Gasteiger partial charge in [0.05, 0.1) is 12.1 Å². The highest BCUT2D eigenvalue weighted by atomic mass is 35.5. The Hall–Kier alpha value is -2.26. The van der Waals surface area contributed by atoms with E-state index in [4.69, 9.17) is 42.1 Å². The SMILES string of the molecule is COc1c2c(cc3c1[C@H](C#CCOc1ccc(Cl)cc1Cl)N(C)CC3)OCO2. The van der Waals surface area contributed by atoms with Gasteiger partial charge < -0.3 is 18.9 Å². The summed E-state index contributed by atoms with van der Waals surface area (Å²) in [6.07, 6.45) is 0.897. The zero-order chi connectivity index (χ0) is 19.7. The summed E-state index contributed by atoms with van der Waals surface area (Å²) in [6.45, 7) is 1.31. The van der Waals surface area contributed by atoms with Crippen molar-refractivity contribution >= 4 is 23.2 Å². The van der Waals surface area contributed by atoms with Crippen molar-refractivity contribution in [3.63, 3.8) is 0 Å². The number of halogens is 2. The molecule has 0 spiro atoms. The van der Waals surface area contributed by atoms with Gasteiger partial charge >= 0.3 is 0 Å². The molecule has 28 heavy (non-hydrogen) atoms. The third kappa shape index (κ3) is 3.56. The lowest BCUT2D eigenvalue weighted by molar-refractivity contribution is 0.171. The summed E-state index contributed by atoms with van der Waals surface area (Å²) in [5.41, 5.74) is 2.19. The lowest BCUT2D eigenvalue weighted by Gasteiger charge is -2.32. The Balaban J connectivity index is 1.59. The van der Waals surface area contributed by atoms with E-state index >= 15 is 0 Å². The van der Waals surface area contributed by atoms with Crippen LogP contribution in [0, 0.1) is 11.8 Å². The second-order valence-electron chi connectivity index (χ2n) is 6.53. The fourth-order valence-electron chi connectivity index (χ4n) is 3.46. The smallest absolute Gasteiger partial charge is 0.231 e. The van der Waals surface area contributed by atoms with Crippen molar-refractivity contribution in [2.75, 3.05) is 34.1 Å². The first-order valence-electron chi connectivity index (χ1n) is 8.84. The quantitative estimate of drug-likeness (QED) is 0.691. The Morgan fingerprint density at radius 2 is 2.11 bits per heavy atom. The number of fused-ring (bicyclic) bond motifs is 2. The second kappa shape index (κ2) is 8.00. The van der Waals surface area contributed by atoms with Gasteiger partial charge in [-0.25, -0.2) is 0 Å². The van der Waals surface area contributed by atoms with E-state index in [0.29, 0.717) is 27.3 Å². The molecule has 0 aliphatic carbocycles. The molecule has 5 nitrogen and oxygen atoms in total. The Morgan fingerprint density at radius 3 is 2.89 bits per heavy atom. The molecule has 2 aliphatic rings. The van der Waals surface area contributed by atoms with Crippen molar-refractivity contribution in [2.24, 2.45) is 0 Å². The molecule has 0 saturated heterocycles. The van der Waals surface area contributed by atoms with Gasteiger partial charge in [-0.15, -0.1) is 0 Å². The van der Waals surface area contributed by atoms with E-state index in [1.165, 1.54) is 5.56 Å². The van der Waals surface area contributed by atoms with Crippen molar-refractivity contribution < 1.29 is 18.9 Å². The molecule has 0 fully saturated rings. The molecule has 146 valence electrons. The van der Waals surface area contributed by atoms with Gasteiger partial charge in [0, 0.05) is 17.1 Å². The predicted molar refractivity (Wildman–Crippen MR) is 108 cm³/mol. The van der Waals surface area contributed by atoms with Crippen LogP contribution in [-0.4, -0.2) is 39.0 Å². The van der Waals surface area contributed by atoms with Gasteiger partial charge in [0.2, 0.25) is 12.5 Å². The molecule has 0 unspecified atom stereocenters. The van der Waals surface area contributed by atoms with Crippen LogP contribution in [0.15, 0.2) is 24.3 Å². The molecule has 4 rings (SSSR count). The molecule has 0 saturated carbocycles. The monoisotopic (exact) mass is 419 g/mol. The summed E-state index contributed by atoms with van der Waals surface area (Å²) in [7, 11) is 3.69. The summed E-state index contributed by atoms with van der Waals surface area (Å²) >= 11 is 12.0. The topological polar surface area (TPSA) is 40.2 Å². The highest BCUT2D eigenvalue weighted by Gasteiger charge is 2.33. The molecule has 2 aliphatic heterocycles. The van der Waals surface area contributed by atoms with E-state index in [1.54, 1.807) is 25.3 Å². The van der Waals surface area contributed by atoms with Gasteiger partial charge in [-0.2, -0.15) is 0 Å². The van der Waals surface area contributed by atoms with Gasteiger partial charge in [-0.05, 0) is 43.3 Å².